The standard InChI is InChI=1S/C32H27F3N2O3/c33-32(34,35)29-16-19(12-13-20(29)17-36)30(38)21-14-22-6-5-7-23(15-21)37(22)31(39)40-18-28-26-10-3-1-8-24(26)25-9-2-4-11-27(25)28/h1-4,8-13,16,21-23,28H,5-7,14-15,18H2. The zero-order chi connectivity index (χ0) is 28.0. The first-order valence-electron chi connectivity index (χ1n) is 13.5. The van der Waals surface area contributed by atoms with E-state index in [1.54, 1.807) is 11.0 Å². The minimum Gasteiger partial charge on any atom is -0.448 e. The first-order chi connectivity index (χ1) is 19.3. The molecule has 0 aromatic heterocycles. The summed E-state index contributed by atoms with van der Waals surface area (Å²) in [5.74, 6) is -0.935. The number of alkyl halides is 3. The molecular formula is C32H27F3N2O3. The average molecular weight is 545 g/mol. The van der Waals surface area contributed by atoms with E-state index >= 15 is 0 Å². The molecule has 2 saturated heterocycles. The lowest BCUT2D eigenvalue weighted by Gasteiger charge is -2.47. The third-order valence-electron chi connectivity index (χ3n) is 8.62. The largest absolute Gasteiger partial charge is 0.448 e. The van der Waals surface area contributed by atoms with Gasteiger partial charge in [-0.2, -0.15) is 18.4 Å². The van der Waals surface area contributed by atoms with E-state index in [0.29, 0.717) is 25.7 Å². The highest BCUT2D eigenvalue weighted by Gasteiger charge is 2.44. The van der Waals surface area contributed by atoms with Crippen LogP contribution in [0.25, 0.3) is 11.1 Å². The monoisotopic (exact) mass is 544 g/mol. The minimum absolute atomic E-state index is 0.0519. The van der Waals surface area contributed by atoms with Crippen molar-refractivity contribution in [2.24, 2.45) is 5.92 Å². The number of benzene rings is 3. The van der Waals surface area contributed by atoms with Gasteiger partial charge in [0.05, 0.1) is 17.2 Å². The molecule has 3 aliphatic rings. The number of ketones is 1. The molecule has 1 aliphatic carbocycles. The zero-order valence-electron chi connectivity index (χ0n) is 21.7. The fraction of sp³-hybridized carbons (Fsp3) is 0.344. The Balaban J connectivity index is 1.17. The van der Waals surface area contributed by atoms with Crippen molar-refractivity contribution in [2.45, 2.75) is 56.3 Å². The van der Waals surface area contributed by atoms with Crippen LogP contribution in [0.15, 0.2) is 66.7 Å². The Bertz CT molecular complexity index is 1470. The minimum atomic E-state index is -4.73. The molecule has 2 atom stereocenters. The van der Waals surface area contributed by atoms with Gasteiger partial charge in [0, 0.05) is 29.5 Å². The lowest BCUT2D eigenvalue weighted by atomic mass is 9.75. The molecule has 2 bridgehead atoms. The van der Waals surface area contributed by atoms with Gasteiger partial charge in [0.25, 0.3) is 0 Å². The first-order valence-corrected chi connectivity index (χ1v) is 13.5. The maximum atomic E-state index is 13.5. The van der Waals surface area contributed by atoms with Gasteiger partial charge in [0.1, 0.15) is 6.61 Å². The van der Waals surface area contributed by atoms with Gasteiger partial charge in [0.2, 0.25) is 0 Å². The van der Waals surface area contributed by atoms with Crippen molar-refractivity contribution in [2.75, 3.05) is 6.61 Å². The van der Waals surface area contributed by atoms with Crippen molar-refractivity contribution >= 4 is 11.9 Å². The number of carbonyl (C=O) groups excluding carboxylic acids is 2. The number of ether oxygens (including phenoxy) is 1. The number of fused-ring (bicyclic) bond motifs is 5. The van der Waals surface area contributed by atoms with Crippen LogP contribution in [0.5, 0.6) is 0 Å². The highest BCUT2D eigenvalue weighted by Crippen LogP contribution is 2.45. The number of rotatable bonds is 4. The van der Waals surface area contributed by atoms with Crippen LogP contribution in [0.1, 0.15) is 70.6 Å². The Hall–Kier alpha value is -4.12. The highest BCUT2D eigenvalue weighted by molar-refractivity contribution is 5.98. The maximum Gasteiger partial charge on any atom is 0.417 e. The fourth-order valence-electron chi connectivity index (χ4n) is 6.83. The topological polar surface area (TPSA) is 70.4 Å². The molecule has 0 radical (unpaired) electrons. The highest BCUT2D eigenvalue weighted by atomic mass is 19.4. The van der Waals surface area contributed by atoms with E-state index in [4.69, 9.17) is 10.00 Å². The van der Waals surface area contributed by atoms with Crippen molar-refractivity contribution in [3.63, 3.8) is 0 Å². The number of piperidine rings is 2. The van der Waals surface area contributed by atoms with Crippen LogP contribution in [0, 0.1) is 17.2 Å². The molecule has 6 rings (SSSR count). The number of carbonyl (C=O) groups is 2. The molecule has 0 N–H and O–H groups in total. The fourth-order valence-corrected chi connectivity index (χ4v) is 6.83. The number of nitriles is 1. The molecule has 5 nitrogen and oxygen atoms in total. The number of hydrogen-bond donors (Lipinski definition) is 0. The Kier molecular flexibility index (Phi) is 6.61. The quantitative estimate of drug-likeness (QED) is 0.322. The van der Waals surface area contributed by atoms with Crippen LogP contribution < -0.4 is 0 Å². The number of nitrogens with zero attached hydrogens (tertiary/aromatic N) is 2. The van der Waals surface area contributed by atoms with Gasteiger partial charge in [-0.1, -0.05) is 54.6 Å². The van der Waals surface area contributed by atoms with E-state index in [1.165, 1.54) is 6.07 Å². The summed E-state index contributed by atoms with van der Waals surface area (Å²) in [6, 6.07) is 20.5. The predicted octanol–water partition coefficient (Wildman–Crippen LogP) is 7.34. The summed E-state index contributed by atoms with van der Waals surface area (Å²) in [6.07, 6.45) is -2.04. The summed E-state index contributed by atoms with van der Waals surface area (Å²) in [6.45, 7) is 0.205. The van der Waals surface area contributed by atoms with E-state index < -0.39 is 29.3 Å². The molecule has 3 aromatic rings. The van der Waals surface area contributed by atoms with Gasteiger partial charge >= 0.3 is 12.3 Å². The lowest BCUT2D eigenvalue weighted by molar-refractivity contribution is -0.137. The third kappa shape index (κ3) is 4.53. The van der Waals surface area contributed by atoms with Gasteiger partial charge in [-0.05, 0) is 66.5 Å². The first kappa shape index (κ1) is 26.1. The van der Waals surface area contributed by atoms with Crippen LogP contribution >= 0.6 is 0 Å². The molecule has 1 amide bonds. The Labute approximate surface area is 230 Å². The third-order valence-corrected chi connectivity index (χ3v) is 8.62. The smallest absolute Gasteiger partial charge is 0.417 e. The molecule has 3 aromatic carbocycles. The van der Waals surface area contributed by atoms with Crippen molar-refractivity contribution in [3.8, 4) is 17.2 Å². The predicted molar refractivity (Wildman–Crippen MR) is 142 cm³/mol. The zero-order valence-corrected chi connectivity index (χ0v) is 21.7. The van der Waals surface area contributed by atoms with Crippen LogP contribution in [-0.2, 0) is 10.9 Å². The van der Waals surface area contributed by atoms with Crippen molar-refractivity contribution in [1.82, 2.24) is 4.90 Å². The Morgan fingerprint density at radius 3 is 2.10 bits per heavy atom. The summed E-state index contributed by atoms with van der Waals surface area (Å²) < 4.78 is 46.4. The summed E-state index contributed by atoms with van der Waals surface area (Å²) in [5, 5.41) is 9.08. The summed E-state index contributed by atoms with van der Waals surface area (Å²) in [7, 11) is 0. The van der Waals surface area contributed by atoms with E-state index in [-0.39, 0.29) is 36.0 Å². The van der Waals surface area contributed by atoms with Crippen LogP contribution in [0.3, 0.4) is 0 Å². The molecule has 204 valence electrons. The van der Waals surface area contributed by atoms with E-state index in [9.17, 15) is 22.8 Å². The van der Waals surface area contributed by atoms with Gasteiger partial charge in [0.15, 0.2) is 5.78 Å². The maximum absolute atomic E-state index is 13.5. The normalized spacial score (nSPS) is 21.8. The van der Waals surface area contributed by atoms with E-state index in [0.717, 1.165) is 40.8 Å². The second kappa shape index (κ2) is 10.1. The second-order valence-electron chi connectivity index (χ2n) is 10.9. The Morgan fingerprint density at radius 1 is 0.925 bits per heavy atom. The number of Topliss-reactive ketones (excluding diaryl/α,β-unsaturated/α-hetero) is 1. The Morgan fingerprint density at radius 2 is 1.52 bits per heavy atom. The van der Waals surface area contributed by atoms with Crippen LogP contribution in [-0.4, -0.2) is 35.5 Å². The summed E-state index contributed by atoms with van der Waals surface area (Å²) in [5.41, 5.74) is 2.88. The molecule has 0 spiro atoms. The van der Waals surface area contributed by atoms with Crippen molar-refractivity contribution < 1.29 is 27.5 Å². The SMILES string of the molecule is N#Cc1ccc(C(=O)C2CC3CCCC(C2)N3C(=O)OCC2c3ccccc3-c3ccccc32)cc1C(F)(F)F. The molecule has 2 heterocycles. The van der Waals surface area contributed by atoms with Crippen LogP contribution in [0.4, 0.5) is 18.0 Å². The number of amides is 1. The van der Waals surface area contributed by atoms with Gasteiger partial charge in [-0.25, -0.2) is 4.79 Å². The molecule has 2 fully saturated rings. The number of halogens is 3. The van der Waals surface area contributed by atoms with Gasteiger partial charge in [-0.3, -0.25) is 4.79 Å². The second-order valence-corrected chi connectivity index (χ2v) is 10.9. The van der Waals surface area contributed by atoms with Crippen molar-refractivity contribution in [3.05, 3.63) is 94.5 Å². The van der Waals surface area contributed by atoms with Gasteiger partial charge in [-0.15, -0.1) is 0 Å². The molecule has 2 aliphatic heterocycles. The summed E-state index contributed by atoms with van der Waals surface area (Å²) >= 11 is 0. The van der Waals surface area contributed by atoms with Crippen molar-refractivity contribution in [1.29, 1.82) is 5.26 Å². The van der Waals surface area contributed by atoms with E-state index in [2.05, 4.69) is 24.3 Å². The lowest BCUT2D eigenvalue weighted by Crippen LogP contribution is -2.55. The van der Waals surface area contributed by atoms with Gasteiger partial charge < -0.3 is 9.64 Å². The molecular weight excluding hydrogens is 517 g/mol. The number of hydrogen-bond acceptors (Lipinski definition) is 4. The van der Waals surface area contributed by atoms with E-state index in [1.807, 2.05) is 24.3 Å². The van der Waals surface area contributed by atoms with Crippen LogP contribution in [0.2, 0.25) is 0 Å². The molecule has 40 heavy (non-hydrogen) atoms. The molecule has 2 unspecified atom stereocenters. The summed E-state index contributed by atoms with van der Waals surface area (Å²) in [4.78, 5) is 28.5. The molecule has 0 saturated carbocycles. The molecule has 8 heteroatoms. The average Bonchev–Trinajstić information content (AvgIpc) is 3.27.